The number of nitrogens with zero attached hydrogens (tertiary/aromatic N) is 3. The van der Waals surface area contributed by atoms with Crippen molar-refractivity contribution >= 4 is 11.6 Å². The van der Waals surface area contributed by atoms with Gasteiger partial charge in [0.25, 0.3) is 0 Å². The molecule has 5 rings (SSSR count). The number of anilines is 1. The molecule has 1 amide bonds. The second-order valence-electron chi connectivity index (χ2n) is 8.54. The lowest BCUT2D eigenvalue weighted by Crippen LogP contribution is -2.14. The molecule has 6 nitrogen and oxygen atoms in total. The van der Waals surface area contributed by atoms with Crippen LogP contribution in [0.3, 0.4) is 0 Å². The van der Waals surface area contributed by atoms with Crippen molar-refractivity contribution in [2.45, 2.75) is 25.4 Å². The molecule has 1 fully saturated rings. The predicted molar refractivity (Wildman–Crippen MR) is 129 cm³/mol. The number of halogens is 3. The van der Waals surface area contributed by atoms with E-state index in [1.54, 1.807) is 37.3 Å². The van der Waals surface area contributed by atoms with E-state index in [4.69, 9.17) is 4.74 Å². The van der Waals surface area contributed by atoms with Crippen molar-refractivity contribution in [1.82, 2.24) is 14.8 Å². The number of rotatable bonds is 7. The van der Waals surface area contributed by atoms with Crippen LogP contribution in [0.4, 0.5) is 18.9 Å². The molecule has 0 spiro atoms. The quantitative estimate of drug-likeness (QED) is 0.339. The highest BCUT2D eigenvalue weighted by molar-refractivity contribution is 5.95. The summed E-state index contributed by atoms with van der Waals surface area (Å²) in [6.07, 6.45) is -3.67. The summed E-state index contributed by atoms with van der Waals surface area (Å²) in [4.78, 5) is 17.0. The normalized spacial score (nSPS) is 17.0. The largest absolute Gasteiger partial charge is 0.463 e. The van der Waals surface area contributed by atoms with E-state index in [9.17, 15) is 18.0 Å². The Labute approximate surface area is 205 Å². The minimum atomic E-state index is -4.48. The van der Waals surface area contributed by atoms with Crippen LogP contribution in [0.25, 0.3) is 17.1 Å². The summed E-state index contributed by atoms with van der Waals surface area (Å²) < 4.78 is 46.6. The van der Waals surface area contributed by atoms with Crippen LogP contribution in [0.15, 0.2) is 78.9 Å². The third-order valence-corrected chi connectivity index (χ3v) is 6.04. The zero-order valence-electron chi connectivity index (χ0n) is 19.4. The molecule has 0 aliphatic heterocycles. The number of nitrogens with one attached hydrogen (secondary N) is 1. The molecule has 3 aromatic carbocycles. The van der Waals surface area contributed by atoms with Crippen molar-refractivity contribution in [3.63, 3.8) is 0 Å². The highest BCUT2D eigenvalue weighted by Gasteiger charge is 2.43. The number of alkyl halides is 3. The molecule has 0 radical (unpaired) electrons. The topological polar surface area (TPSA) is 69.0 Å². The number of carbonyl (C=O) groups excluding carboxylic acids is 1. The van der Waals surface area contributed by atoms with Gasteiger partial charge in [-0.1, -0.05) is 42.5 Å². The Hall–Kier alpha value is -4.14. The van der Waals surface area contributed by atoms with Gasteiger partial charge in [-0.3, -0.25) is 4.79 Å². The molecular weight excluding hydrogens is 469 g/mol. The first-order valence-electron chi connectivity index (χ1n) is 11.6. The van der Waals surface area contributed by atoms with Gasteiger partial charge < -0.3 is 10.1 Å². The summed E-state index contributed by atoms with van der Waals surface area (Å²) in [6.45, 7) is 2.08. The van der Waals surface area contributed by atoms with E-state index in [2.05, 4.69) is 15.4 Å². The Balaban J connectivity index is 1.36. The van der Waals surface area contributed by atoms with E-state index in [0.717, 1.165) is 24.1 Å². The fourth-order valence-corrected chi connectivity index (χ4v) is 4.16. The van der Waals surface area contributed by atoms with Crippen LogP contribution in [0.5, 0.6) is 6.01 Å². The minimum absolute atomic E-state index is 0.0411. The molecule has 184 valence electrons. The lowest BCUT2D eigenvalue weighted by molar-refractivity contribution is -0.137. The molecule has 0 saturated heterocycles. The Morgan fingerprint density at radius 1 is 1.06 bits per heavy atom. The summed E-state index contributed by atoms with van der Waals surface area (Å²) in [7, 11) is 0. The summed E-state index contributed by atoms with van der Waals surface area (Å²) in [5, 5.41) is 7.27. The van der Waals surface area contributed by atoms with E-state index in [0.29, 0.717) is 18.0 Å². The number of aromatic nitrogens is 3. The van der Waals surface area contributed by atoms with Gasteiger partial charge in [-0.05, 0) is 61.2 Å². The number of hydrogen-bond donors (Lipinski definition) is 1. The maximum atomic E-state index is 13.3. The van der Waals surface area contributed by atoms with E-state index in [-0.39, 0.29) is 35.1 Å². The third-order valence-electron chi connectivity index (χ3n) is 6.04. The molecule has 36 heavy (non-hydrogen) atoms. The standard InChI is InChI=1S/C27H23F3N4O2/c1-2-36-26-32-24(18-9-6-10-19(15-18)27(28,29)30)34(33-26)21-13-11-20(12-14-21)31-25(35)23-16-22(23)17-7-4-3-5-8-17/h3-15,22-23H,2,16H2,1H3,(H,31,35)/t22-,23?/m0/s1. The van der Waals surface area contributed by atoms with Crippen molar-refractivity contribution in [2.24, 2.45) is 5.92 Å². The molecule has 9 heteroatoms. The van der Waals surface area contributed by atoms with Crippen molar-refractivity contribution in [2.75, 3.05) is 11.9 Å². The second-order valence-corrected chi connectivity index (χ2v) is 8.54. The predicted octanol–water partition coefficient (Wildman–Crippen LogP) is 6.09. The van der Waals surface area contributed by atoms with Crippen LogP contribution in [-0.2, 0) is 11.0 Å². The lowest BCUT2D eigenvalue weighted by Gasteiger charge is -2.10. The summed E-state index contributed by atoms with van der Waals surface area (Å²) in [5.74, 6) is 0.335. The van der Waals surface area contributed by atoms with Gasteiger partial charge in [0.15, 0.2) is 5.82 Å². The maximum Gasteiger partial charge on any atom is 0.416 e. The fraction of sp³-hybridized carbons (Fsp3) is 0.222. The first-order valence-corrected chi connectivity index (χ1v) is 11.6. The number of benzene rings is 3. The monoisotopic (exact) mass is 492 g/mol. The summed E-state index contributed by atoms with van der Waals surface area (Å²) in [6, 6.07) is 21.8. The molecular formula is C27H23F3N4O2. The zero-order valence-corrected chi connectivity index (χ0v) is 19.4. The zero-order chi connectivity index (χ0) is 25.3. The lowest BCUT2D eigenvalue weighted by atomic mass is 10.1. The Kier molecular flexibility index (Phi) is 6.22. The Bertz CT molecular complexity index is 1370. The van der Waals surface area contributed by atoms with Gasteiger partial charge in [0.1, 0.15) is 0 Å². The van der Waals surface area contributed by atoms with Crippen LogP contribution < -0.4 is 10.1 Å². The fourth-order valence-electron chi connectivity index (χ4n) is 4.16. The Morgan fingerprint density at radius 3 is 2.50 bits per heavy atom. The minimum Gasteiger partial charge on any atom is -0.463 e. The number of carbonyl (C=O) groups is 1. The molecule has 2 atom stereocenters. The molecule has 1 aliphatic carbocycles. The first-order chi connectivity index (χ1) is 17.3. The molecule has 1 saturated carbocycles. The Morgan fingerprint density at radius 2 is 1.81 bits per heavy atom. The smallest absolute Gasteiger partial charge is 0.416 e. The summed E-state index contributed by atoms with van der Waals surface area (Å²) in [5.41, 5.74) is 1.81. The highest BCUT2D eigenvalue weighted by Crippen LogP contribution is 2.47. The van der Waals surface area contributed by atoms with E-state index in [1.165, 1.54) is 10.7 Å². The van der Waals surface area contributed by atoms with Crippen LogP contribution >= 0.6 is 0 Å². The van der Waals surface area contributed by atoms with Crippen LogP contribution in [0.2, 0.25) is 0 Å². The number of hydrogen-bond acceptors (Lipinski definition) is 4. The van der Waals surface area contributed by atoms with Crippen molar-refractivity contribution in [1.29, 1.82) is 0 Å². The molecule has 1 N–H and O–H groups in total. The highest BCUT2D eigenvalue weighted by atomic mass is 19.4. The second kappa shape index (κ2) is 9.49. The maximum absolute atomic E-state index is 13.3. The SMILES string of the molecule is CCOc1nc(-c2cccc(C(F)(F)F)c2)n(-c2ccc(NC(=O)C3C[C@H]3c3ccccc3)cc2)n1. The van der Waals surface area contributed by atoms with Gasteiger partial charge in [-0.15, -0.1) is 5.10 Å². The van der Waals surface area contributed by atoms with Gasteiger partial charge in [0.05, 0.1) is 17.9 Å². The summed E-state index contributed by atoms with van der Waals surface area (Å²) >= 11 is 0. The molecule has 1 aromatic heterocycles. The van der Waals surface area contributed by atoms with Crippen molar-refractivity contribution in [3.05, 3.63) is 90.0 Å². The van der Waals surface area contributed by atoms with Gasteiger partial charge >= 0.3 is 12.2 Å². The van der Waals surface area contributed by atoms with Crippen molar-refractivity contribution < 1.29 is 22.7 Å². The van der Waals surface area contributed by atoms with Gasteiger partial charge in [-0.25, -0.2) is 4.68 Å². The number of amides is 1. The van der Waals surface area contributed by atoms with Crippen molar-refractivity contribution in [3.8, 4) is 23.1 Å². The van der Waals surface area contributed by atoms with E-state index >= 15 is 0 Å². The van der Waals surface area contributed by atoms with Gasteiger partial charge in [-0.2, -0.15) is 18.2 Å². The van der Waals surface area contributed by atoms with E-state index < -0.39 is 11.7 Å². The van der Waals surface area contributed by atoms with Crippen LogP contribution in [-0.4, -0.2) is 27.3 Å². The molecule has 1 aliphatic rings. The van der Waals surface area contributed by atoms with Gasteiger partial charge in [0, 0.05) is 17.2 Å². The molecule has 4 aromatic rings. The van der Waals surface area contributed by atoms with Gasteiger partial charge in [0.2, 0.25) is 5.91 Å². The average molecular weight is 493 g/mol. The van der Waals surface area contributed by atoms with Crippen LogP contribution in [0.1, 0.15) is 30.4 Å². The molecule has 0 bridgehead atoms. The average Bonchev–Trinajstić information content (AvgIpc) is 3.58. The van der Waals surface area contributed by atoms with E-state index in [1.807, 2.05) is 30.3 Å². The molecule has 1 unspecified atom stereocenters. The third kappa shape index (κ3) is 4.95. The number of ether oxygens (including phenoxy) is 1. The first kappa shape index (κ1) is 23.6. The van der Waals surface area contributed by atoms with Crippen LogP contribution in [0, 0.1) is 5.92 Å². The molecule has 1 heterocycles.